The molecule has 1 amide bonds. The second kappa shape index (κ2) is 36.6. The molecule has 1 saturated heterocycles. The molecule has 10 nitrogen and oxygen atoms in total. The van der Waals surface area contributed by atoms with Gasteiger partial charge in [0, 0.05) is 0 Å². The number of amides is 1. The van der Waals surface area contributed by atoms with Crippen LogP contribution in [-0.4, -0.2) is 100 Å². The van der Waals surface area contributed by atoms with E-state index in [1.165, 1.54) is 173 Å². The Labute approximate surface area is 397 Å². The summed E-state index contributed by atoms with van der Waals surface area (Å²) in [4.78, 5) is 13.3. The van der Waals surface area contributed by atoms with E-state index in [-0.39, 0.29) is 19.6 Å². The highest BCUT2D eigenvalue weighted by atomic mass is 16.7. The van der Waals surface area contributed by atoms with Gasteiger partial charge in [0.1, 0.15) is 30.5 Å². The van der Waals surface area contributed by atoms with Crippen LogP contribution in [0.3, 0.4) is 0 Å². The number of nitrogens with one attached hydrogen (secondary N) is 1. The number of unbranched alkanes of at least 4 members (excludes halogenated alkanes) is 20. The number of rotatable bonds is 44. The number of aliphatic hydroxyl groups is 5. The lowest BCUT2D eigenvalue weighted by Crippen LogP contribution is -2.61. The van der Waals surface area contributed by atoms with Crippen molar-refractivity contribution >= 4 is 5.91 Å². The lowest BCUT2D eigenvalue weighted by Gasteiger charge is -2.42. The topological polar surface area (TPSA) is 158 Å². The Bertz CT molecular complexity index is 1200. The Hall–Kier alpha value is -1.37. The minimum Gasteiger partial charge on any atom is -0.394 e. The Morgan fingerprint density at radius 1 is 0.646 bits per heavy atom. The Balaban J connectivity index is 1.34. The molecule has 0 spiro atoms. The lowest BCUT2D eigenvalue weighted by atomic mass is 9.99. The molecule has 6 N–H and O–H groups in total. The van der Waals surface area contributed by atoms with Crippen molar-refractivity contribution in [2.45, 2.75) is 275 Å². The largest absolute Gasteiger partial charge is 0.394 e. The molecular formula is C55H101NO9. The van der Waals surface area contributed by atoms with Gasteiger partial charge in [-0.1, -0.05) is 199 Å². The fourth-order valence-corrected chi connectivity index (χ4v) is 10.2. The molecule has 65 heavy (non-hydrogen) atoms. The van der Waals surface area contributed by atoms with Gasteiger partial charge in [0.25, 0.3) is 0 Å². The van der Waals surface area contributed by atoms with Gasteiger partial charge in [-0.3, -0.25) is 4.79 Å². The third-order valence-electron chi connectivity index (χ3n) is 14.8. The zero-order chi connectivity index (χ0) is 46.9. The first-order valence-electron chi connectivity index (χ1n) is 27.5. The molecule has 0 radical (unpaired) electrons. The summed E-state index contributed by atoms with van der Waals surface area (Å²) in [6.07, 6.45) is 37.9. The maximum Gasteiger partial charge on any atom is 0.249 e. The van der Waals surface area contributed by atoms with Crippen molar-refractivity contribution in [3.8, 4) is 0 Å². The number of hydrogen-bond donors (Lipinski definition) is 6. The van der Waals surface area contributed by atoms with Gasteiger partial charge >= 0.3 is 0 Å². The smallest absolute Gasteiger partial charge is 0.249 e. The van der Waals surface area contributed by atoms with Gasteiger partial charge in [-0.15, -0.1) is 6.58 Å². The fourth-order valence-electron chi connectivity index (χ4n) is 10.2. The molecule has 10 heteroatoms. The molecule has 3 fully saturated rings. The Morgan fingerprint density at radius 3 is 1.63 bits per heavy atom. The van der Waals surface area contributed by atoms with Gasteiger partial charge in [0.05, 0.1) is 32.0 Å². The van der Waals surface area contributed by atoms with Gasteiger partial charge in [-0.25, -0.2) is 0 Å². The van der Waals surface area contributed by atoms with Crippen LogP contribution in [0.1, 0.15) is 226 Å². The first kappa shape index (κ1) is 57.9. The number of hydrogen-bond acceptors (Lipinski definition) is 9. The average Bonchev–Trinajstić information content (AvgIpc) is 4.24. The van der Waals surface area contributed by atoms with E-state index in [9.17, 15) is 30.3 Å². The summed E-state index contributed by atoms with van der Waals surface area (Å²) in [5.41, 5.74) is 0. The zero-order valence-electron chi connectivity index (χ0n) is 41.7. The molecule has 0 unspecified atom stereocenters. The number of aliphatic hydroxyl groups excluding tert-OH is 5. The molecule has 12 atom stereocenters. The minimum atomic E-state index is -1.40. The monoisotopic (exact) mass is 920 g/mol. The molecule has 2 saturated carbocycles. The summed E-state index contributed by atoms with van der Waals surface area (Å²) >= 11 is 0. The van der Waals surface area contributed by atoms with Gasteiger partial charge in [-0.05, 0) is 68.6 Å². The second-order valence-electron chi connectivity index (χ2n) is 20.5. The first-order valence-corrected chi connectivity index (χ1v) is 27.5. The third kappa shape index (κ3) is 25.7. The van der Waals surface area contributed by atoms with Crippen LogP contribution >= 0.6 is 0 Å². The van der Waals surface area contributed by atoms with Crippen LogP contribution in [0.4, 0.5) is 0 Å². The van der Waals surface area contributed by atoms with E-state index in [4.69, 9.17) is 14.2 Å². The minimum absolute atomic E-state index is 0.0613. The summed E-state index contributed by atoms with van der Waals surface area (Å²) in [7, 11) is 0. The molecule has 2 aliphatic carbocycles. The lowest BCUT2D eigenvalue weighted by molar-refractivity contribution is -0.310. The SMILES string of the molecule is C=CCO[C@@H]1[C@H](OC[C@H](NC(=O)[C@H](O)CC/C=C\CCCC[C@@H]2C[C@@H]2CCCCCCCCCC)[C@H](O)CCCCCCC[C@@H]2C[C@@H]2CCCCCCCCCC)O[C@@H](CO)[C@@H](O)[C@@H]1O. The van der Waals surface area contributed by atoms with Gasteiger partial charge in [0.2, 0.25) is 5.91 Å². The van der Waals surface area contributed by atoms with Crippen molar-refractivity contribution in [3.63, 3.8) is 0 Å². The fraction of sp³-hybridized carbons (Fsp3) is 0.909. The number of carbonyl (C=O) groups is 1. The van der Waals surface area contributed by atoms with Crippen LogP contribution < -0.4 is 5.32 Å². The van der Waals surface area contributed by atoms with Crippen LogP contribution in [-0.2, 0) is 19.0 Å². The summed E-state index contributed by atoms with van der Waals surface area (Å²) in [5, 5.41) is 56.1. The molecule has 0 aromatic rings. The van der Waals surface area contributed by atoms with Crippen molar-refractivity contribution < 1.29 is 44.5 Å². The van der Waals surface area contributed by atoms with Crippen molar-refractivity contribution in [1.29, 1.82) is 0 Å². The van der Waals surface area contributed by atoms with Crippen LogP contribution in [0, 0.1) is 23.7 Å². The van der Waals surface area contributed by atoms with E-state index in [0.717, 1.165) is 49.4 Å². The van der Waals surface area contributed by atoms with Crippen LogP contribution in [0.5, 0.6) is 0 Å². The van der Waals surface area contributed by atoms with Crippen molar-refractivity contribution in [2.75, 3.05) is 19.8 Å². The molecule has 1 aliphatic heterocycles. The normalized spacial score (nSPS) is 26.6. The van der Waals surface area contributed by atoms with Gasteiger partial charge in [0.15, 0.2) is 6.29 Å². The highest BCUT2D eigenvalue weighted by Crippen LogP contribution is 2.46. The summed E-state index contributed by atoms with van der Waals surface area (Å²) in [6.45, 7) is 7.53. The third-order valence-corrected chi connectivity index (χ3v) is 14.8. The molecular weight excluding hydrogens is 819 g/mol. The predicted molar refractivity (Wildman–Crippen MR) is 264 cm³/mol. The maximum atomic E-state index is 13.3. The molecule has 0 bridgehead atoms. The summed E-state index contributed by atoms with van der Waals surface area (Å²) in [6, 6.07) is -0.868. The number of ether oxygens (including phenoxy) is 3. The number of allylic oxidation sites excluding steroid dienone is 2. The molecule has 0 aromatic heterocycles. The van der Waals surface area contributed by atoms with Crippen molar-refractivity contribution in [2.24, 2.45) is 23.7 Å². The van der Waals surface area contributed by atoms with Gasteiger partial charge in [-0.2, -0.15) is 0 Å². The quantitative estimate of drug-likeness (QED) is 0.0258. The molecule has 3 rings (SSSR count). The van der Waals surface area contributed by atoms with E-state index in [0.29, 0.717) is 12.8 Å². The molecule has 3 aliphatic rings. The standard InChI is InChI=1S/C55H101NO9/c1-4-7-9-11-13-15-20-26-32-43-39-45(43)34-28-22-17-18-24-31-37-49(59)54(62)56-47(42-64-55-53(63-38-6-3)52(61)51(60)50(41-57)65-55)48(58)36-30-25-19-23-29-35-46-40-44(46)33-27-21-16-14-12-10-8-5-2/h6,18,24,43-53,55,57-61H,3-5,7-17,19-23,25-42H2,1-2H3,(H,56,62)/b24-18-/t43-,44-,45+,46+,47-,48+,49+,50-,51+,52-,53-,55+/m0/s1. The molecule has 1 heterocycles. The first-order chi connectivity index (χ1) is 31.7. The van der Waals surface area contributed by atoms with E-state index in [1.807, 2.05) is 0 Å². The van der Waals surface area contributed by atoms with E-state index in [1.54, 1.807) is 0 Å². The number of carbonyl (C=O) groups excluding carboxylic acids is 1. The van der Waals surface area contributed by atoms with E-state index < -0.39 is 61.5 Å². The Kier molecular flexibility index (Phi) is 32.6. The average molecular weight is 920 g/mol. The Morgan fingerprint density at radius 2 is 1.12 bits per heavy atom. The van der Waals surface area contributed by atoms with E-state index in [2.05, 4.69) is 37.9 Å². The molecule has 380 valence electrons. The summed E-state index contributed by atoms with van der Waals surface area (Å²) in [5.74, 6) is 3.20. The predicted octanol–water partition coefficient (Wildman–Crippen LogP) is 11.2. The van der Waals surface area contributed by atoms with Gasteiger partial charge < -0.3 is 45.1 Å². The van der Waals surface area contributed by atoms with Crippen LogP contribution in [0.15, 0.2) is 24.8 Å². The van der Waals surface area contributed by atoms with Crippen molar-refractivity contribution in [1.82, 2.24) is 5.32 Å². The maximum absolute atomic E-state index is 13.3. The van der Waals surface area contributed by atoms with Crippen LogP contribution in [0.2, 0.25) is 0 Å². The zero-order valence-corrected chi connectivity index (χ0v) is 41.7. The summed E-state index contributed by atoms with van der Waals surface area (Å²) < 4.78 is 17.5. The molecule has 0 aromatic carbocycles. The van der Waals surface area contributed by atoms with E-state index >= 15 is 0 Å². The highest BCUT2D eigenvalue weighted by molar-refractivity contribution is 5.80. The highest BCUT2D eigenvalue weighted by Gasteiger charge is 2.46. The van der Waals surface area contributed by atoms with Crippen LogP contribution in [0.25, 0.3) is 0 Å². The van der Waals surface area contributed by atoms with Crippen molar-refractivity contribution in [3.05, 3.63) is 24.8 Å². The second-order valence-corrected chi connectivity index (χ2v) is 20.5.